The lowest BCUT2D eigenvalue weighted by atomic mass is 9.87. The molecule has 0 aliphatic heterocycles. The summed E-state index contributed by atoms with van der Waals surface area (Å²) in [4.78, 5) is 59.0. The molecular formula is C44H72NO14P. The summed E-state index contributed by atoms with van der Waals surface area (Å²) < 4.78 is 32.5. The van der Waals surface area contributed by atoms with Crippen molar-refractivity contribution in [3.8, 4) is 0 Å². The van der Waals surface area contributed by atoms with Gasteiger partial charge in [0.15, 0.2) is 6.10 Å². The summed E-state index contributed by atoms with van der Waals surface area (Å²) in [6, 6.07) is -1.59. The van der Waals surface area contributed by atoms with Gasteiger partial charge in [0.1, 0.15) is 18.4 Å². The fourth-order valence-electron chi connectivity index (χ4n) is 6.29. The average molecular weight is 870 g/mol. The van der Waals surface area contributed by atoms with Crippen LogP contribution in [0.4, 0.5) is 0 Å². The van der Waals surface area contributed by atoms with Crippen molar-refractivity contribution in [1.29, 1.82) is 0 Å². The number of ketones is 1. The second kappa shape index (κ2) is 33.4. The van der Waals surface area contributed by atoms with Crippen molar-refractivity contribution in [1.82, 2.24) is 0 Å². The molecule has 8 atom stereocenters. The van der Waals surface area contributed by atoms with Crippen LogP contribution in [0.1, 0.15) is 129 Å². The third kappa shape index (κ3) is 27.6. The summed E-state index contributed by atoms with van der Waals surface area (Å²) in [7, 11) is -4.82. The van der Waals surface area contributed by atoms with E-state index in [1.165, 1.54) is 0 Å². The summed E-state index contributed by atoms with van der Waals surface area (Å²) >= 11 is 0. The van der Waals surface area contributed by atoms with E-state index in [1.807, 2.05) is 12.2 Å². The van der Waals surface area contributed by atoms with Crippen molar-refractivity contribution in [3.63, 3.8) is 0 Å². The van der Waals surface area contributed by atoms with Gasteiger partial charge in [-0.05, 0) is 64.2 Å². The zero-order valence-electron chi connectivity index (χ0n) is 35.6. The Morgan fingerprint density at radius 1 is 0.767 bits per heavy atom. The fourth-order valence-corrected chi connectivity index (χ4v) is 7.06. The molecule has 0 saturated heterocycles. The first-order chi connectivity index (χ1) is 28.7. The number of carboxylic acids is 1. The monoisotopic (exact) mass is 869 g/mol. The highest BCUT2D eigenvalue weighted by Gasteiger charge is 2.41. The number of aliphatic hydroxyl groups excluding tert-OH is 3. The number of unbranched alkanes of at least 4 members (excludes halogenated alkanes) is 5. The molecule has 1 saturated carbocycles. The van der Waals surface area contributed by atoms with E-state index in [1.54, 1.807) is 12.2 Å². The largest absolute Gasteiger partial charge is 0.480 e. The maximum atomic E-state index is 12.8. The molecule has 0 radical (unpaired) electrons. The van der Waals surface area contributed by atoms with Crippen molar-refractivity contribution in [2.45, 2.75) is 160 Å². The number of rotatable bonds is 35. The minimum absolute atomic E-state index is 0.0294. The number of ether oxygens (including phenoxy) is 2. The molecule has 1 rings (SSSR count). The molecule has 7 N–H and O–H groups in total. The number of carboxylic acid groups (broad SMARTS) is 1. The number of aliphatic hydroxyl groups is 3. The van der Waals surface area contributed by atoms with Gasteiger partial charge in [-0.3, -0.25) is 28.2 Å². The molecule has 0 aromatic heterocycles. The number of esters is 2. The number of phosphoric ester groups is 1. The highest BCUT2D eigenvalue weighted by Crippen LogP contribution is 2.43. The SMILES string of the molecule is CC/C=C\C/C=C\C/C=C\C/C=C\CCCCC(=O)O[C@H](COC(=O)CCCCC(=O)C[C@@H]1[C@@H](/C=C/[C@@H](O)CCCCC)[C@H](O)C[C@@H]1O)COP(=O)(O)OC[C@H](N)C(=O)O. The molecule has 0 aromatic carbocycles. The molecular weight excluding hydrogens is 797 g/mol. The Morgan fingerprint density at radius 3 is 2.02 bits per heavy atom. The van der Waals surface area contributed by atoms with Gasteiger partial charge in [0.25, 0.3) is 0 Å². The summed E-state index contributed by atoms with van der Waals surface area (Å²) in [5.41, 5.74) is 5.31. The van der Waals surface area contributed by atoms with E-state index in [0.29, 0.717) is 25.7 Å². The Bertz CT molecular complexity index is 1430. The van der Waals surface area contributed by atoms with Crippen LogP contribution in [0.3, 0.4) is 0 Å². The standard InChI is InChI=1S/C44H72NO14P/c1-3-5-7-8-9-10-11-12-13-14-15-16-17-18-20-26-43(51)59-36(32-57-60(54,55)58-33-39(45)44(52)53)31-56-42(50)25-22-21-24-35(47)29-38-37(40(48)30-41(38)49)28-27-34(46)23-19-6-4-2/h5,7,9-10,12-13,15-16,27-28,34,36-41,46,48-49H,3-4,6,8,11,14,17-26,29-33,45H2,1-2H3,(H,52,53)(H,54,55)/b7-5-,10-9-,13-12-,16-15-,28-27+/t34-,36+,37+,38+,39-,40+,41-/m0/s1. The topological polar surface area (TPSA) is 249 Å². The van der Waals surface area contributed by atoms with Crippen LogP contribution in [-0.4, -0.2) is 99.3 Å². The van der Waals surface area contributed by atoms with Gasteiger partial charge in [-0.15, -0.1) is 0 Å². The quantitative estimate of drug-likeness (QED) is 0.0167. The highest BCUT2D eigenvalue weighted by molar-refractivity contribution is 7.47. The highest BCUT2D eigenvalue weighted by atomic mass is 31.2. The molecule has 342 valence electrons. The van der Waals surface area contributed by atoms with Crippen molar-refractivity contribution in [2.75, 3.05) is 19.8 Å². The normalized spacial score (nSPS) is 21.0. The maximum absolute atomic E-state index is 12.8. The Labute approximate surface area is 356 Å². The van der Waals surface area contributed by atoms with Gasteiger partial charge in [0.05, 0.1) is 31.5 Å². The molecule has 0 aromatic rings. The number of phosphoric acid groups is 1. The number of carbonyl (C=O) groups excluding carboxylic acids is 3. The van der Waals surface area contributed by atoms with E-state index in [2.05, 4.69) is 54.8 Å². The van der Waals surface area contributed by atoms with Crippen molar-refractivity contribution < 1.29 is 67.6 Å². The fraction of sp³-hybridized carbons (Fsp3) is 0.682. The summed E-state index contributed by atoms with van der Waals surface area (Å²) in [6.07, 6.45) is 26.5. The van der Waals surface area contributed by atoms with Crippen LogP contribution < -0.4 is 5.73 Å². The zero-order valence-corrected chi connectivity index (χ0v) is 36.5. The second-order valence-electron chi connectivity index (χ2n) is 15.1. The number of aliphatic carboxylic acids is 1. The first-order valence-corrected chi connectivity index (χ1v) is 23.0. The molecule has 0 heterocycles. The van der Waals surface area contributed by atoms with Crippen LogP contribution in [0.15, 0.2) is 60.8 Å². The summed E-state index contributed by atoms with van der Waals surface area (Å²) in [5, 5.41) is 40.2. The van der Waals surface area contributed by atoms with Crippen LogP contribution in [-0.2, 0) is 42.3 Å². The van der Waals surface area contributed by atoms with Crippen molar-refractivity contribution in [2.24, 2.45) is 17.6 Å². The van der Waals surface area contributed by atoms with Gasteiger partial charge < -0.3 is 40.5 Å². The average Bonchev–Trinajstić information content (AvgIpc) is 3.47. The lowest BCUT2D eigenvalue weighted by Gasteiger charge is -2.20. The molecule has 0 bridgehead atoms. The van der Waals surface area contributed by atoms with E-state index in [-0.39, 0.29) is 44.3 Å². The lowest BCUT2D eigenvalue weighted by Crippen LogP contribution is -2.34. The molecule has 15 nitrogen and oxygen atoms in total. The van der Waals surface area contributed by atoms with Gasteiger partial charge >= 0.3 is 25.7 Å². The van der Waals surface area contributed by atoms with E-state index in [9.17, 15) is 44.0 Å². The predicted octanol–water partition coefficient (Wildman–Crippen LogP) is 6.73. The zero-order chi connectivity index (χ0) is 44.6. The Kier molecular flexibility index (Phi) is 30.4. The molecule has 0 spiro atoms. The number of hydrogen-bond acceptors (Lipinski definition) is 13. The molecule has 1 unspecified atom stereocenters. The Balaban J connectivity index is 2.57. The van der Waals surface area contributed by atoms with Gasteiger partial charge in [-0.2, -0.15) is 0 Å². The van der Waals surface area contributed by atoms with Gasteiger partial charge in [0.2, 0.25) is 0 Å². The number of allylic oxidation sites excluding steroid dienone is 8. The van der Waals surface area contributed by atoms with E-state index in [0.717, 1.165) is 51.4 Å². The lowest BCUT2D eigenvalue weighted by molar-refractivity contribution is -0.161. The number of nitrogens with two attached hydrogens (primary N) is 1. The van der Waals surface area contributed by atoms with E-state index >= 15 is 0 Å². The molecule has 1 fully saturated rings. The minimum atomic E-state index is -4.82. The predicted molar refractivity (Wildman–Crippen MR) is 228 cm³/mol. The van der Waals surface area contributed by atoms with Crippen LogP contribution in [0.25, 0.3) is 0 Å². The molecule has 16 heteroatoms. The van der Waals surface area contributed by atoms with Crippen molar-refractivity contribution in [3.05, 3.63) is 60.8 Å². The van der Waals surface area contributed by atoms with Crippen LogP contribution in [0, 0.1) is 11.8 Å². The van der Waals surface area contributed by atoms with Gasteiger partial charge in [0, 0.05) is 43.9 Å². The van der Waals surface area contributed by atoms with Gasteiger partial charge in [-0.1, -0.05) is 93.9 Å². The maximum Gasteiger partial charge on any atom is 0.472 e. The minimum Gasteiger partial charge on any atom is -0.480 e. The van der Waals surface area contributed by atoms with Crippen LogP contribution in [0.5, 0.6) is 0 Å². The number of carbonyl (C=O) groups is 4. The Hall–Kier alpha value is -3.27. The third-order valence-corrected chi connectivity index (χ3v) is 10.7. The smallest absolute Gasteiger partial charge is 0.472 e. The summed E-state index contributed by atoms with van der Waals surface area (Å²) in [6.45, 7) is 2.13. The van der Waals surface area contributed by atoms with Crippen LogP contribution >= 0.6 is 7.82 Å². The van der Waals surface area contributed by atoms with Crippen molar-refractivity contribution >= 4 is 31.5 Å². The Morgan fingerprint density at radius 2 is 1.37 bits per heavy atom. The third-order valence-electron chi connectivity index (χ3n) is 9.73. The number of Topliss-reactive ketones (excluding diaryl/α,β-unsaturated/α-hetero) is 1. The molecule has 1 aliphatic rings. The van der Waals surface area contributed by atoms with Crippen LogP contribution in [0.2, 0.25) is 0 Å². The molecule has 1 aliphatic carbocycles. The molecule has 60 heavy (non-hydrogen) atoms. The van der Waals surface area contributed by atoms with E-state index in [4.69, 9.17) is 24.8 Å². The second-order valence-corrected chi connectivity index (χ2v) is 16.5. The van der Waals surface area contributed by atoms with E-state index < -0.39 is 87.8 Å². The molecule has 0 amide bonds. The van der Waals surface area contributed by atoms with Gasteiger partial charge in [-0.25, -0.2) is 4.57 Å². The first kappa shape index (κ1) is 54.7. The first-order valence-electron chi connectivity index (χ1n) is 21.5. The number of hydrogen-bond donors (Lipinski definition) is 6. The summed E-state index contributed by atoms with van der Waals surface area (Å²) in [5.74, 6) is -3.86.